The summed E-state index contributed by atoms with van der Waals surface area (Å²) >= 11 is 5.45. The lowest BCUT2D eigenvalue weighted by Gasteiger charge is -2.07. The molecule has 0 saturated carbocycles. The predicted molar refractivity (Wildman–Crippen MR) is 79.2 cm³/mol. The van der Waals surface area contributed by atoms with Gasteiger partial charge in [0.2, 0.25) is 5.91 Å². The van der Waals surface area contributed by atoms with Crippen LogP contribution in [0.1, 0.15) is 10.4 Å². The van der Waals surface area contributed by atoms with E-state index in [0.29, 0.717) is 12.1 Å². The molecule has 0 heterocycles. The maximum absolute atomic E-state index is 11.8. The molecular weight excluding hydrogens is 415 g/mol. The van der Waals surface area contributed by atoms with Crippen molar-refractivity contribution >= 4 is 50.3 Å². The zero-order valence-electron chi connectivity index (χ0n) is 9.41. The maximum atomic E-state index is 11.8. The van der Waals surface area contributed by atoms with E-state index >= 15 is 0 Å². The lowest BCUT2D eigenvalue weighted by molar-refractivity contribution is -0.122. The van der Waals surface area contributed by atoms with Crippen LogP contribution in [0, 0.1) is 3.57 Å². The molecule has 7 heteroatoms. The summed E-state index contributed by atoms with van der Waals surface area (Å²) in [6, 6.07) is 5.50. The van der Waals surface area contributed by atoms with Gasteiger partial charge < -0.3 is 15.8 Å². The molecule has 3 N–H and O–H groups in total. The van der Waals surface area contributed by atoms with Crippen molar-refractivity contribution in [3.63, 3.8) is 0 Å². The fourth-order valence-electron chi connectivity index (χ4n) is 1.18. The molecule has 2 amide bonds. The number of carbonyl (C=O) groups excluding carboxylic acids is 2. The third kappa shape index (κ3) is 5.32. The highest BCUT2D eigenvalue weighted by Crippen LogP contribution is 2.19. The number of hydrogen-bond acceptors (Lipinski definition) is 3. The number of benzene rings is 1. The number of amides is 2. The molecule has 0 unspecified atom stereocenters. The van der Waals surface area contributed by atoms with Gasteiger partial charge in [-0.15, -0.1) is 0 Å². The molecule has 0 spiro atoms. The third-order valence-electron chi connectivity index (χ3n) is 1.95. The van der Waals surface area contributed by atoms with Gasteiger partial charge in [-0.05, 0) is 56.7 Å². The first-order chi connectivity index (χ1) is 8.50. The van der Waals surface area contributed by atoms with Crippen molar-refractivity contribution in [1.82, 2.24) is 5.32 Å². The second-order valence-corrected chi connectivity index (χ2v) is 5.50. The molecule has 5 nitrogen and oxygen atoms in total. The van der Waals surface area contributed by atoms with Crippen LogP contribution in [0.4, 0.5) is 0 Å². The molecule has 0 aliphatic heterocycles. The smallest absolute Gasteiger partial charge is 0.252 e. The third-order valence-corrected chi connectivity index (χ3v) is 3.31. The van der Waals surface area contributed by atoms with Crippen LogP contribution in [-0.4, -0.2) is 31.6 Å². The van der Waals surface area contributed by atoms with E-state index in [-0.39, 0.29) is 19.1 Å². The summed E-state index contributed by atoms with van der Waals surface area (Å²) in [6.45, 7) is 0.434. The lowest BCUT2D eigenvalue weighted by atomic mass is 10.2. The Morgan fingerprint density at radius 3 is 2.83 bits per heavy atom. The van der Waals surface area contributed by atoms with Gasteiger partial charge in [-0.25, -0.2) is 0 Å². The van der Waals surface area contributed by atoms with E-state index < -0.39 is 5.91 Å². The molecule has 18 heavy (non-hydrogen) atoms. The standard InChI is InChI=1S/C11H12BrIN2O3/c12-9-2-1-7(13)5-8(9)11(17)15-3-4-18-6-10(14)16/h1-2,5H,3-4,6H2,(H2,14,16)(H,15,17). The van der Waals surface area contributed by atoms with Gasteiger partial charge in [-0.1, -0.05) is 0 Å². The van der Waals surface area contributed by atoms with Crippen LogP contribution < -0.4 is 11.1 Å². The van der Waals surface area contributed by atoms with E-state index in [1.807, 2.05) is 12.1 Å². The second kappa shape index (κ2) is 7.70. The summed E-state index contributed by atoms with van der Waals surface area (Å²) in [5.74, 6) is -0.718. The van der Waals surface area contributed by atoms with Crippen molar-refractivity contribution in [3.05, 3.63) is 31.8 Å². The molecule has 0 fully saturated rings. The van der Waals surface area contributed by atoms with Gasteiger partial charge in [0.15, 0.2) is 0 Å². The minimum absolute atomic E-state index is 0.136. The summed E-state index contributed by atoms with van der Waals surface area (Å²) < 4.78 is 6.65. The van der Waals surface area contributed by atoms with Crippen molar-refractivity contribution in [1.29, 1.82) is 0 Å². The summed E-state index contributed by atoms with van der Waals surface area (Å²) in [6.07, 6.45) is 0. The van der Waals surface area contributed by atoms with E-state index in [1.165, 1.54) is 0 Å². The van der Waals surface area contributed by atoms with Gasteiger partial charge >= 0.3 is 0 Å². The minimum Gasteiger partial charge on any atom is -0.370 e. The van der Waals surface area contributed by atoms with E-state index in [1.54, 1.807) is 6.07 Å². The number of carbonyl (C=O) groups is 2. The van der Waals surface area contributed by atoms with Crippen LogP contribution in [0.5, 0.6) is 0 Å². The van der Waals surface area contributed by atoms with Crippen molar-refractivity contribution in [2.75, 3.05) is 19.8 Å². The maximum Gasteiger partial charge on any atom is 0.252 e. The molecule has 0 atom stereocenters. The average Bonchev–Trinajstić information content (AvgIpc) is 2.31. The fourth-order valence-corrected chi connectivity index (χ4v) is 2.09. The largest absolute Gasteiger partial charge is 0.370 e. The number of hydrogen-bond donors (Lipinski definition) is 2. The van der Waals surface area contributed by atoms with E-state index in [4.69, 9.17) is 10.5 Å². The van der Waals surface area contributed by atoms with Gasteiger partial charge in [0, 0.05) is 14.6 Å². The van der Waals surface area contributed by atoms with Crippen LogP contribution >= 0.6 is 38.5 Å². The van der Waals surface area contributed by atoms with Crippen LogP contribution in [0.3, 0.4) is 0 Å². The molecule has 0 aliphatic rings. The first-order valence-electron chi connectivity index (χ1n) is 5.10. The minimum atomic E-state index is -0.526. The molecule has 0 bridgehead atoms. The Labute approximate surface area is 127 Å². The van der Waals surface area contributed by atoms with Gasteiger partial charge in [0.05, 0.1) is 12.2 Å². The average molecular weight is 427 g/mol. The van der Waals surface area contributed by atoms with Gasteiger partial charge in [0.25, 0.3) is 5.91 Å². The molecule has 0 saturated heterocycles. The van der Waals surface area contributed by atoms with E-state index in [0.717, 1.165) is 8.04 Å². The lowest BCUT2D eigenvalue weighted by Crippen LogP contribution is -2.29. The highest BCUT2D eigenvalue weighted by atomic mass is 127. The number of rotatable bonds is 6. The fraction of sp³-hybridized carbons (Fsp3) is 0.273. The van der Waals surface area contributed by atoms with Gasteiger partial charge in [-0.3, -0.25) is 9.59 Å². The Hall–Kier alpha value is -0.670. The number of halogens is 2. The first-order valence-corrected chi connectivity index (χ1v) is 6.97. The summed E-state index contributed by atoms with van der Waals surface area (Å²) in [5, 5.41) is 2.69. The van der Waals surface area contributed by atoms with Crippen LogP contribution in [0.2, 0.25) is 0 Å². The second-order valence-electron chi connectivity index (χ2n) is 3.40. The monoisotopic (exact) mass is 426 g/mol. The Morgan fingerprint density at radius 2 is 2.17 bits per heavy atom. The Bertz CT molecular complexity index is 454. The van der Waals surface area contributed by atoms with Gasteiger partial charge in [-0.2, -0.15) is 0 Å². The van der Waals surface area contributed by atoms with Crippen molar-refractivity contribution in [3.8, 4) is 0 Å². The van der Waals surface area contributed by atoms with Gasteiger partial charge in [0.1, 0.15) is 6.61 Å². The van der Waals surface area contributed by atoms with Crippen LogP contribution in [0.15, 0.2) is 22.7 Å². The number of nitrogens with one attached hydrogen (secondary N) is 1. The zero-order valence-corrected chi connectivity index (χ0v) is 13.2. The van der Waals surface area contributed by atoms with Crippen LogP contribution in [0.25, 0.3) is 0 Å². The quantitative estimate of drug-likeness (QED) is 0.531. The molecule has 0 aliphatic carbocycles. The molecule has 98 valence electrons. The predicted octanol–water partition coefficient (Wildman–Crippen LogP) is 1.29. The Morgan fingerprint density at radius 1 is 1.44 bits per heavy atom. The van der Waals surface area contributed by atoms with E-state index in [9.17, 15) is 9.59 Å². The Kier molecular flexibility index (Phi) is 6.58. The SMILES string of the molecule is NC(=O)COCCNC(=O)c1cc(I)ccc1Br. The molecule has 1 rings (SSSR count). The summed E-state index contributed by atoms with van der Waals surface area (Å²) in [7, 11) is 0. The van der Waals surface area contributed by atoms with Crippen molar-refractivity contribution < 1.29 is 14.3 Å². The molecule has 0 radical (unpaired) electrons. The molecule has 1 aromatic carbocycles. The van der Waals surface area contributed by atoms with E-state index in [2.05, 4.69) is 43.8 Å². The number of primary amides is 1. The zero-order chi connectivity index (χ0) is 13.5. The normalized spacial score (nSPS) is 10.1. The van der Waals surface area contributed by atoms with Crippen molar-refractivity contribution in [2.24, 2.45) is 5.73 Å². The first kappa shape index (κ1) is 15.4. The summed E-state index contributed by atoms with van der Waals surface area (Å²) in [5.41, 5.74) is 5.47. The highest BCUT2D eigenvalue weighted by molar-refractivity contribution is 14.1. The highest BCUT2D eigenvalue weighted by Gasteiger charge is 2.09. The molecular formula is C11H12BrIN2O3. The van der Waals surface area contributed by atoms with Crippen molar-refractivity contribution in [2.45, 2.75) is 0 Å². The molecule has 0 aromatic heterocycles. The number of ether oxygens (including phenoxy) is 1. The van der Waals surface area contributed by atoms with Crippen LogP contribution in [-0.2, 0) is 9.53 Å². The summed E-state index contributed by atoms with van der Waals surface area (Å²) in [4.78, 5) is 22.2. The topological polar surface area (TPSA) is 81.4 Å². The number of nitrogens with two attached hydrogens (primary N) is 1. The Balaban J connectivity index is 2.41. The molecule has 1 aromatic rings.